The minimum Gasteiger partial charge on any atom is -0.354 e. The van der Waals surface area contributed by atoms with Gasteiger partial charge in [0.15, 0.2) is 0 Å². The van der Waals surface area contributed by atoms with Gasteiger partial charge in [-0.3, -0.25) is 0 Å². The number of hydrogen-bond acceptors (Lipinski definition) is 10. The van der Waals surface area contributed by atoms with Gasteiger partial charge in [-0.05, 0) is 93.1 Å². The number of fused-ring (bicyclic) bond motifs is 8. The Morgan fingerprint density at radius 3 is 0.667 bits per heavy atom. The molecule has 15 aromatic rings. The molecule has 458 valence electrons. The van der Waals surface area contributed by atoms with Crippen LogP contribution in [0, 0.1) is 0 Å². The van der Waals surface area contributed by atoms with Gasteiger partial charge in [0.25, 0.3) is 0 Å². The smallest absolute Gasteiger partial charge is 0.113 e. The van der Waals surface area contributed by atoms with Crippen molar-refractivity contribution in [3.05, 3.63) is 312 Å². The Kier molecular flexibility index (Phi) is 14.7. The van der Waals surface area contributed by atoms with Crippen molar-refractivity contribution in [2.75, 3.05) is 0 Å². The van der Waals surface area contributed by atoms with Gasteiger partial charge in [-0.15, -0.1) is 20.4 Å². The lowest BCUT2D eigenvalue weighted by Crippen LogP contribution is -1.99. The maximum Gasteiger partial charge on any atom is 0.113 e. The zero-order valence-corrected chi connectivity index (χ0v) is 51.8. The van der Waals surface area contributed by atoms with Crippen molar-refractivity contribution in [1.29, 1.82) is 0 Å². The van der Waals surface area contributed by atoms with E-state index in [0.29, 0.717) is 26.2 Å². The van der Waals surface area contributed by atoms with Crippen molar-refractivity contribution in [1.82, 2.24) is 79.9 Å². The van der Waals surface area contributed by atoms with Crippen LogP contribution in [0.1, 0.15) is 45.0 Å². The van der Waals surface area contributed by atoms with Crippen molar-refractivity contribution in [2.45, 2.75) is 26.2 Å². The van der Waals surface area contributed by atoms with E-state index in [-0.39, 0.29) is 0 Å². The standard InChI is InChI=1S/C80H58N16/c1-5-21-53(22-6-1)45-93-49-73(85-89-93)57-29-13-17-33-61(57)77-65-37-39-67(81-65)78(62-34-18-14-30-58(62)74-50-94(90-86-74)46-54-23-7-2-8-24-54)69-41-43-71(83-69)80(64-36-20-16-32-60(64)76-52-96(92-88-76)48-56-27-11-4-12-28-56)72-44-42-70(84-72)79(68-40-38-66(77)82-68)63-35-19-15-31-59(63)75-51-95(91-87-75)47-55-25-9-3-10-26-55/h1-44,49-52,81,84H,45-48H2. The molecule has 0 saturated carbocycles. The third-order valence-corrected chi connectivity index (χ3v) is 17.5. The monoisotopic (exact) mass is 1240 g/mol. The fraction of sp³-hybridized carbons (Fsp3) is 0.0500. The first-order chi connectivity index (χ1) is 47.5. The minimum absolute atomic E-state index is 0.564. The molecule has 96 heavy (non-hydrogen) atoms. The van der Waals surface area contributed by atoms with Crippen LogP contribution in [-0.4, -0.2) is 79.9 Å². The number of aromatic amines is 2. The van der Waals surface area contributed by atoms with Crippen LogP contribution in [0.5, 0.6) is 0 Å². The van der Waals surface area contributed by atoms with Gasteiger partial charge in [0, 0.05) is 66.6 Å². The van der Waals surface area contributed by atoms with Crippen LogP contribution in [0.4, 0.5) is 0 Å². The number of nitrogens with one attached hydrogen (secondary N) is 2. The molecule has 2 aliphatic heterocycles. The molecule has 16 heteroatoms. The second-order valence-electron chi connectivity index (χ2n) is 23.8. The molecule has 0 fully saturated rings. The Morgan fingerprint density at radius 1 is 0.229 bits per heavy atom. The predicted octanol–water partition coefficient (Wildman–Crippen LogP) is 16.6. The summed E-state index contributed by atoms with van der Waals surface area (Å²) >= 11 is 0. The van der Waals surface area contributed by atoms with Crippen molar-refractivity contribution < 1.29 is 0 Å². The molecular formula is C80H58N16. The Morgan fingerprint density at radius 2 is 0.438 bits per heavy atom. The van der Waals surface area contributed by atoms with E-state index in [1.165, 1.54) is 0 Å². The van der Waals surface area contributed by atoms with Gasteiger partial charge in [-0.1, -0.05) is 239 Å². The molecule has 0 amide bonds. The molecule has 2 aliphatic rings. The molecule has 17 rings (SSSR count). The van der Waals surface area contributed by atoms with Crippen molar-refractivity contribution in [3.8, 4) is 89.5 Å². The maximum atomic E-state index is 5.79. The number of rotatable bonds is 16. The molecule has 0 saturated heterocycles. The van der Waals surface area contributed by atoms with Crippen LogP contribution in [0.3, 0.4) is 0 Å². The third-order valence-electron chi connectivity index (χ3n) is 17.5. The zero-order valence-electron chi connectivity index (χ0n) is 51.8. The first-order valence-corrected chi connectivity index (χ1v) is 31.9. The molecule has 0 unspecified atom stereocenters. The Labute approximate surface area is 551 Å². The molecular weight excluding hydrogens is 1180 g/mol. The molecule has 0 aliphatic carbocycles. The van der Waals surface area contributed by atoms with Gasteiger partial charge in [-0.2, -0.15) is 0 Å². The summed E-state index contributed by atoms with van der Waals surface area (Å²) in [6.07, 6.45) is 16.6. The van der Waals surface area contributed by atoms with E-state index in [9.17, 15) is 0 Å². The van der Waals surface area contributed by atoms with Crippen LogP contribution in [0.15, 0.2) is 267 Å². The van der Waals surface area contributed by atoms with Crippen molar-refractivity contribution in [3.63, 3.8) is 0 Å². The Hall–Kier alpha value is -13.1. The highest BCUT2D eigenvalue weighted by Crippen LogP contribution is 2.44. The normalized spacial score (nSPS) is 11.8. The third kappa shape index (κ3) is 11.2. The topological polar surface area (TPSA) is 180 Å². The molecule has 2 N–H and O–H groups in total. The van der Waals surface area contributed by atoms with E-state index >= 15 is 0 Å². The number of nitrogens with zero attached hydrogens (tertiary/aromatic N) is 14. The van der Waals surface area contributed by atoms with Gasteiger partial charge in [0.05, 0.1) is 73.7 Å². The van der Waals surface area contributed by atoms with Gasteiger partial charge in [-0.25, -0.2) is 28.7 Å². The average molecular weight is 1240 g/mol. The van der Waals surface area contributed by atoms with Gasteiger partial charge in [0.2, 0.25) is 0 Å². The van der Waals surface area contributed by atoms with Crippen LogP contribution in [0.2, 0.25) is 0 Å². The van der Waals surface area contributed by atoms with E-state index in [1.54, 1.807) is 0 Å². The molecule has 9 heterocycles. The van der Waals surface area contributed by atoms with Gasteiger partial charge >= 0.3 is 0 Å². The highest BCUT2D eigenvalue weighted by Gasteiger charge is 2.25. The summed E-state index contributed by atoms with van der Waals surface area (Å²) in [5.74, 6) is 0. The summed E-state index contributed by atoms with van der Waals surface area (Å²) in [5.41, 5.74) is 24.2. The molecule has 0 radical (unpaired) electrons. The largest absolute Gasteiger partial charge is 0.354 e. The molecule has 8 bridgehead atoms. The van der Waals surface area contributed by atoms with Crippen LogP contribution < -0.4 is 0 Å². The SMILES string of the molecule is C1=Cc2nc1c(-c1ccccc1-c1cn(Cc3ccccc3)nn1)c1ccc([nH]1)c(-c1ccccc1-c1cn(Cc3ccccc3)nn1)c1nc(c(-c3ccccc3-c3cn(Cc4ccccc4)nn3)c3ccc([nH]3)c2-c2ccccc2-c2cn(Cc3ccccc3)nn2)C=C1. The minimum atomic E-state index is 0.564. The van der Waals surface area contributed by atoms with E-state index < -0.39 is 0 Å². The van der Waals surface area contributed by atoms with Crippen molar-refractivity contribution >= 4 is 46.4 Å². The highest BCUT2D eigenvalue weighted by molar-refractivity contribution is 6.04. The maximum absolute atomic E-state index is 5.79. The average Bonchev–Trinajstić information content (AvgIpc) is 1.59. The van der Waals surface area contributed by atoms with Crippen LogP contribution in [0.25, 0.3) is 136 Å². The number of aromatic nitrogens is 16. The Bertz CT molecular complexity index is 4930. The summed E-state index contributed by atoms with van der Waals surface area (Å²) in [5, 5.41) is 38.1. The first-order valence-electron chi connectivity index (χ1n) is 31.9. The summed E-state index contributed by atoms with van der Waals surface area (Å²) < 4.78 is 7.55. The van der Waals surface area contributed by atoms with E-state index in [4.69, 9.17) is 30.4 Å². The lowest BCUT2D eigenvalue weighted by Gasteiger charge is -2.11. The number of H-pyrrole nitrogens is 2. The Balaban J connectivity index is 0.937. The fourth-order valence-electron chi connectivity index (χ4n) is 13.1. The second kappa shape index (κ2) is 24.9. The lowest BCUT2D eigenvalue weighted by molar-refractivity contribution is 0.650. The quantitative estimate of drug-likeness (QED) is 0.0945. The summed E-state index contributed by atoms with van der Waals surface area (Å²) in [4.78, 5) is 19.6. The molecule has 0 spiro atoms. The second-order valence-corrected chi connectivity index (χ2v) is 23.8. The van der Waals surface area contributed by atoms with Gasteiger partial charge in [0.1, 0.15) is 22.8 Å². The summed E-state index contributed by atoms with van der Waals surface area (Å²) in [6.45, 7) is 2.26. The van der Waals surface area contributed by atoms with Gasteiger partial charge < -0.3 is 9.97 Å². The summed E-state index contributed by atoms with van der Waals surface area (Å²) in [7, 11) is 0. The van der Waals surface area contributed by atoms with Crippen molar-refractivity contribution in [2.24, 2.45) is 0 Å². The molecule has 7 aromatic heterocycles. The highest BCUT2D eigenvalue weighted by atomic mass is 15.4. The first kappa shape index (κ1) is 56.9. The molecule has 8 aromatic carbocycles. The van der Waals surface area contributed by atoms with E-state index in [2.05, 4.69) is 201 Å². The summed E-state index contributed by atoms with van der Waals surface area (Å²) in [6, 6.07) is 83.3. The number of hydrogen-bond donors (Lipinski definition) is 2. The van der Waals surface area contributed by atoms with Crippen LogP contribution >= 0.6 is 0 Å². The predicted molar refractivity (Wildman–Crippen MR) is 379 cm³/mol. The van der Waals surface area contributed by atoms with Crippen LogP contribution in [-0.2, 0) is 26.2 Å². The van der Waals surface area contributed by atoms with E-state index in [0.717, 1.165) is 157 Å². The number of benzene rings is 8. The molecule has 0 atom stereocenters. The van der Waals surface area contributed by atoms with E-state index in [1.807, 2.05) is 141 Å². The fourth-order valence-corrected chi connectivity index (χ4v) is 13.1. The zero-order chi connectivity index (χ0) is 63.7. The lowest BCUT2D eigenvalue weighted by atomic mass is 9.96. The molecule has 16 nitrogen and oxygen atoms in total.